The Balaban J connectivity index is 1.12. The highest BCUT2D eigenvalue weighted by atomic mass is 16.7. The number of amides is 2. The zero-order chi connectivity index (χ0) is 34.9. The molecule has 2 heterocycles. The van der Waals surface area contributed by atoms with Crippen LogP contribution in [0.3, 0.4) is 0 Å². The predicted octanol–water partition coefficient (Wildman–Crippen LogP) is 7.00. The van der Waals surface area contributed by atoms with Crippen molar-refractivity contribution in [3.8, 4) is 11.1 Å². The van der Waals surface area contributed by atoms with Gasteiger partial charge < -0.3 is 29.8 Å². The minimum Gasteiger partial charge on any atom is -0.392 e. The van der Waals surface area contributed by atoms with E-state index in [9.17, 15) is 14.7 Å². The summed E-state index contributed by atoms with van der Waals surface area (Å²) in [5, 5.41) is 15.4. The Bertz CT molecular complexity index is 1870. The molecule has 1 saturated heterocycles. The lowest BCUT2D eigenvalue weighted by Crippen LogP contribution is -2.39. The highest BCUT2D eigenvalue weighted by molar-refractivity contribution is 5.76. The lowest BCUT2D eigenvalue weighted by atomic mass is 9.90. The zero-order valence-electron chi connectivity index (χ0n) is 28.8. The number of hydrogen-bond acceptors (Lipinski definition) is 6. The molecule has 1 aliphatic heterocycles. The normalized spacial score (nSPS) is 18.9. The lowest BCUT2D eigenvalue weighted by Gasteiger charge is -2.41. The Kier molecular flexibility index (Phi) is 11.7. The molecule has 1 aliphatic rings. The predicted molar refractivity (Wildman–Crippen MR) is 194 cm³/mol. The Morgan fingerprint density at radius 3 is 2.38 bits per heavy atom. The number of carbonyl (C=O) groups excluding carboxylic acids is 2. The molecule has 5 aromatic rings. The lowest BCUT2D eigenvalue weighted by molar-refractivity contribution is -0.276. The first-order valence-electron chi connectivity index (χ1n) is 17.5. The molecule has 0 saturated carbocycles. The van der Waals surface area contributed by atoms with Crippen LogP contribution in [0.4, 0.5) is 0 Å². The standard InChI is InChI=1S/C41H46N4O5/c1-28-38(25-45-27-44-36-11-5-6-12-37(36)45)49-41(50-40(28)33-16-14-30(26-46)15-17-33)34-20-18-32(19-21-34)35-10-8-9-31(23-35)24-43-39(48)13-4-3-7-22-42-29(2)47/h5-6,8-12,14-21,23,27-28,38,40-41,46H,3-4,7,13,22,24-26H2,1-2H3,(H,42,47)(H,43,48)/t28-,38+,40+,41+/m0/s1. The van der Waals surface area contributed by atoms with E-state index in [0.29, 0.717) is 26.1 Å². The number of unbranched alkanes of at least 4 members (excludes halogenated alkanes) is 2. The number of nitrogens with one attached hydrogen (secondary N) is 2. The van der Waals surface area contributed by atoms with Gasteiger partial charge in [0.1, 0.15) is 0 Å². The third-order valence-corrected chi connectivity index (χ3v) is 9.41. The van der Waals surface area contributed by atoms with Gasteiger partial charge in [0.2, 0.25) is 11.8 Å². The van der Waals surface area contributed by atoms with E-state index in [0.717, 1.165) is 63.7 Å². The first-order valence-corrected chi connectivity index (χ1v) is 17.5. The van der Waals surface area contributed by atoms with Gasteiger partial charge in [-0.05, 0) is 58.9 Å². The summed E-state index contributed by atoms with van der Waals surface area (Å²) in [5.41, 5.74) is 8.01. The fourth-order valence-electron chi connectivity index (χ4n) is 6.51. The zero-order valence-corrected chi connectivity index (χ0v) is 28.8. The van der Waals surface area contributed by atoms with Gasteiger partial charge in [0, 0.05) is 37.9 Å². The molecular weight excluding hydrogens is 628 g/mol. The summed E-state index contributed by atoms with van der Waals surface area (Å²) in [5.74, 6) is 0.0524. The van der Waals surface area contributed by atoms with Crippen molar-refractivity contribution in [2.24, 2.45) is 5.92 Å². The first-order chi connectivity index (χ1) is 24.4. The van der Waals surface area contributed by atoms with Crippen molar-refractivity contribution in [2.75, 3.05) is 6.54 Å². The average molecular weight is 675 g/mol. The fraction of sp³-hybridized carbons (Fsp3) is 0.341. The summed E-state index contributed by atoms with van der Waals surface area (Å²) in [6.07, 6.45) is 3.98. The summed E-state index contributed by atoms with van der Waals surface area (Å²) in [6, 6.07) is 32.6. The van der Waals surface area contributed by atoms with Crippen LogP contribution in [-0.2, 0) is 38.8 Å². The molecule has 6 rings (SSSR count). The number of imidazole rings is 1. The highest BCUT2D eigenvalue weighted by Crippen LogP contribution is 2.42. The van der Waals surface area contributed by atoms with Crippen LogP contribution in [0.5, 0.6) is 0 Å². The molecule has 3 N–H and O–H groups in total. The van der Waals surface area contributed by atoms with Gasteiger partial charge in [0.15, 0.2) is 6.29 Å². The number of fused-ring (bicyclic) bond motifs is 1. The molecular formula is C41H46N4O5. The number of aromatic nitrogens is 2. The van der Waals surface area contributed by atoms with E-state index in [1.165, 1.54) is 6.92 Å². The highest BCUT2D eigenvalue weighted by Gasteiger charge is 2.38. The second kappa shape index (κ2) is 16.7. The van der Waals surface area contributed by atoms with E-state index < -0.39 is 6.29 Å². The van der Waals surface area contributed by atoms with Crippen LogP contribution in [0, 0.1) is 5.92 Å². The number of hydrogen-bond donors (Lipinski definition) is 3. The van der Waals surface area contributed by atoms with Crippen molar-refractivity contribution in [3.63, 3.8) is 0 Å². The largest absolute Gasteiger partial charge is 0.392 e. The maximum atomic E-state index is 12.4. The SMILES string of the molecule is CC(=O)NCCCCCC(=O)NCc1cccc(-c2ccc([C@@H]3O[C@H](Cn4cnc5ccccc54)[C@H](C)[C@H](c4ccc(CO)cc4)O3)cc2)c1. The number of aliphatic hydroxyl groups excluding tert-OH is 1. The number of aliphatic hydroxyl groups is 1. The molecule has 9 nitrogen and oxygen atoms in total. The van der Waals surface area contributed by atoms with Crippen molar-refractivity contribution >= 4 is 22.8 Å². The quantitative estimate of drug-likeness (QED) is 0.109. The first kappa shape index (κ1) is 35.0. The van der Waals surface area contributed by atoms with Crippen LogP contribution in [0.25, 0.3) is 22.2 Å². The molecule has 1 fully saturated rings. The van der Waals surface area contributed by atoms with E-state index in [-0.39, 0.29) is 36.5 Å². The second-order valence-electron chi connectivity index (χ2n) is 13.1. The number of ether oxygens (including phenoxy) is 2. The smallest absolute Gasteiger partial charge is 0.220 e. The molecule has 4 aromatic carbocycles. The van der Waals surface area contributed by atoms with Gasteiger partial charge in [-0.2, -0.15) is 0 Å². The summed E-state index contributed by atoms with van der Waals surface area (Å²) >= 11 is 0. The van der Waals surface area contributed by atoms with Crippen molar-refractivity contribution in [3.05, 3.63) is 126 Å². The molecule has 0 spiro atoms. The van der Waals surface area contributed by atoms with Gasteiger partial charge in [0.25, 0.3) is 0 Å². The molecule has 0 bridgehead atoms. The molecule has 0 aliphatic carbocycles. The molecule has 0 unspecified atom stereocenters. The Labute approximate surface area is 293 Å². The van der Waals surface area contributed by atoms with Crippen molar-refractivity contribution in [2.45, 2.75) is 77.7 Å². The fourth-order valence-corrected chi connectivity index (χ4v) is 6.51. The van der Waals surface area contributed by atoms with Crippen molar-refractivity contribution in [1.29, 1.82) is 0 Å². The van der Waals surface area contributed by atoms with Gasteiger partial charge in [-0.15, -0.1) is 0 Å². The van der Waals surface area contributed by atoms with Crippen LogP contribution in [-0.4, -0.2) is 39.1 Å². The average Bonchev–Trinajstić information content (AvgIpc) is 3.55. The number of carbonyl (C=O) groups is 2. The Hall–Kier alpha value is -4.83. The Morgan fingerprint density at radius 2 is 1.60 bits per heavy atom. The van der Waals surface area contributed by atoms with Gasteiger partial charge in [-0.3, -0.25) is 9.59 Å². The van der Waals surface area contributed by atoms with Crippen LogP contribution in [0.2, 0.25) is 0 Å². The summed E-state index contributed by atoms with van der Waals surface area (Å²) in [6.45, 7) is 5.42. The maximum Gasteiger partial charge on any atom is 0.220 e. The number of nitrogens with zero attached hydrogens (tertiary/aromatic N) is 2. The molecule has 2 amide bonds. The summed E-state index contributed by atoms with van der Waals surface area (Å²) in [4.78, 5) is 28.0. The Morgan fingerprint density at radius 1 is 0.820 bits per heavy atom. The molecule has 9 heteroatoms. The minimum atomic E-state index is -0.575. The van der Waals surface area contributed by atoms with Gasteiger partial charge in [-0.25, -0.2) is 4.98 Å². The molecule has 260 valence electrons. The van der Waals surface area contributed by atoms with E-state index in [1.54, 1.807) is 0 Å². The number of para-hydroxylation sites is 2. The third-order valence-electron chi connectivity index (χ3n) is 9.41. The molecule has 1 aromatic heterocycles. The van der Waals surface area contributed by atoms with E-state index >= 15 is 0 Å². The van der Waals surface area contributed by atoms with Crippen LogP contribution in [0.15, 0.2) is 103 Å². The maximum absolute atomic E-state index is 12.4. The summed E-state index contributed by atoms with van der Waals surface area (Å²) in [7, 11) is 0. The summed E-state index contributed by atoms with van der Waals surface area (Å²) < 4.78 is 15.6. The van der Waals surface area contributed by atoms with E-state index in [4.69, 9.17) is 9.47 Å². The number of benzene rings is 4. The van der Waals surface area contributed by atoms with Gasteiger partial charge in [-0.1, -0.05) is 92.2 Å². The topological polar surface area (TPSA) is 115 Å². The molecule has 4 atom stereocenters. The van der Waals surface area contributed by atoms with Crippen molar-refractivity contribution in [1.82, 2.24) is 20.2 Å². The monoisotopic (exact) mass is 674 g/mol. The number of rotatable bonds is 14. The second-order valence-corrected chi connectivity index (χ2v) is 13.1. The van der Waals surface area contributed by atoms with Crippen LogP contribution in [0.1, 0.15) is 74.2 Å². The van der Waals surface area contributed by atoms with Crippen LogP contribution >= 0.6 is 0 Å². The van der Waals surface area contributed by atoms with Gasteiger partial charge >= 0.3 is 0 Å². The molecule has 50 heavy (non-hydrogen) atoms. The van der Waals surface area contributed by atoms with Crippen LogP contribution < -0.4 is 10.6 Å². The minimum absolute atomic E-state index is 0.00362. The van der Waals surface area contributed by atoms with Crippen molar-refractivity contribution < 1.29 is 24.2 Å². The van der Waals surface area contributed by atoms with Gasteiger partial charge in [0.05, 0.1) is 42.7 Å². The van der Waals surface area contributed by atoms with E-state index in [2.05, 4.69) is 69.6 Å². The van der Waals surface area contributed by atoms with E-state index in [1.807, 2.05) is 60.9 Å². The third kappa shape index (κ3) is 8.84. The molecule has 0 radical (unpaired) electrons.